The van der Waals surface area contributed by atoms with Crippen LogP contribution >= 0.6 is 0 Å². The molecule has 0 spiro atoms. The molecule has 0 aromatic carbocycles. The predicted octanol–water partition coefficient (Wildman–Crippen LogP) is 6.15. The first-order valence-electron chi connectivity index (χ1n) is 13.2. The molecule has 1 heterocycles. The van der Waals surface area contributed by atoms with Crippen LogP contribution in [0.5, 0.6) is 0 Å². The number of carbonyl (C=O) groups is 2. The quantitative estimate of drug-likeness (QED) is 0.216. The molecule has 1 saturated carbocycles. The molecule has 0 aliphatic heterocycles. The number of aryl methyl sites for hydroxylation is 1. The number of furan rings is 1. The van der Waals surface area contributed by atoms with Crippen molar-refractivity contribution >= 4 is 11.7 Å². The number of aliphatic hydroxyl groups is 1. The van der Waals surface area contributed by atoms with Crippen molar-refractivity contribution in [1.82, 2.24) is 5.32 Å². The highest BCUT2D eigenvalue weighted by Crippen LogP contribution is 2.34. The summed E-state index contributed by atoms with van der Waals surface area (Å²) >= 11 is 0. The van der Waals surface area contributed by atoms with E-state index in [1.54, 1.807) is 6.26 Å². The van der Waals surface area contributed by atoms with Crippen LogP contribution in [0, 0.1) is 11.8 Å². The number of carbonyl (C=O) groups excluding carboxylic acids is 2. The third-order valence-corrected chi connectivity index (χ3v) is 6.82. The van der Waals surface area contributed by atoms with Gasteiger partial charge in [0, 0.05) is 31.2 Å². The maximum Gasteiger partial charge on any atom is 0.220 e. The van der Waals surface area contributed by atoms with Crippen molar-refractivity contribution in [3.63, 3.8) is 0 Å². The molecule has 5 nitrogen and oxygen atoms in total. The van der Waals surface area contributed by atoms with Crippen LogP contribution in [0.1, 0.15) is 103 Å². The van der Waals surface area contributed by atoms with Gasteiger partial charge in [-0.05, 0) is 57.1 Å². The van der Waals surface area contributed by atoms with Crippen molar-refractivity contribution in [2.45, 2.75) is 116 Å². The molecule has 5 heteroatoms. The summed E-state index contributed by atoms with van der Waals surface area (Å²) in [5.74, 6) is 1.86. The molecule has 1 fully saturated rings. The second-order valence-corrected chi connectivity index (χ2v) is 9.76. The predicted molar refractivity (Wildman–Crippen MR) is 133 cm³/mol. The molecule has 1 aliphatic carbocycles. The Morgan fingerprint density at radius 2 is 2.03 bits per heavy atom. The molecule has 1 aromatic heterocycles. The monoisotopic (exact) mass is 459 g/mol. The topological polar surface area (TPSA) is 79.5 Å². The van der Waals surface area contributed by atoms with Crippen molar-refractivity contribution in [1.29, 1.82) is 0 Å². The van der Waals surface area contributed by atoms with Crippen LogP contribution in [0.3, 0.4) is 0 Å². The Bertz CT molecular complexity index is 697. The van der Waals surface area contributed by atoms with E-state index in [2.05, 4.69) is 18.3 Å². The van der Waals surface area contributed by atoms with Crippen molar-refractivity contribution in [2.75, 3.05) is 0 Å². The first-order valence-corrected chi connectivity index (χ1v) is 13.2. The molecule has 1 aliphatic rings. The van der Waals surface area contributed by atoms with Gasteiger partial charge in [0.05, 0.1) is 12.4 Å². The Morgan fingerprint density at radius 1 is 1.21 bits per heavy atom. The van der Waals surface area contributed by atoms with Gasteiger partial charge in [0.25, 0.3) is 0 Å². The summed E-state index contributed by atoms with van der Waals surface area (Å²) in [5.41, 5.74) is 0. The highest BCUT2D eigenvalue weighted by Gasteiger charge is 2.32. The lowest BCUT2D eigenvalue weighted by atomic mass is 9.89. The fraction of sp³-hybridized carbons (Fsp3) is 0.714. The SMILES string of the molecule is CCCCC[C@H](O)C=C[C@@H]1CCC(=O)[C@@H]1CCCCCCC(=O)N[C@@H](C)CCc1ccco1. The van der Waals surface area contributed by atoms with Gasteiger partial charge in [-0.2, -0.15) is 0 Å². The second-order valence-electron chi connectivity index (χ2n) is 9.76. The number of nitrogens with one attached hydrogen (secondary N) is 1. The standard InChI is InChI=1S/C28H45NO4/c1-3-4-7-11-24(30)18-16-23-17-20-27(31)26(23)13-8-5-6-9-14-28(32)29-22(2)15-19-25-12-10-21-33-25/h10,12,16,18,21-24,26,30H,3-9,11,13-15,17,19-20H2,1-2H3,(H,29,32)/t22-,23+,24-,26+/m0/s1. The molecule has 0 saturated heterocycles. The molecule has 2 rings (SSSR count). The van der Waals surface area contributed by atoms with Crippen LogP contribution in [-0.2, 0) is 16.0 Å². The fourth-order valence-electron chi connectivity index (χ4n) is 4.75. The molecule has 1 aromatic rings. The lowest BCUT2D eigenvalue weighted by Crippen LogP contribution is -2.32. The lowest BCUT2D eigenvalue weighted by molar-refractivity contribution is -0.122. The van der Waals surface area contributed by atoms with E-state index in [4.69, 9.17) is 4.42 Å². The zero-order valence-electron chi connectivity index (χ0n) is 20.8. The molecule has 33 heavy (non-hydrogen) atoms. The van der Waals surface area contributed by atoms with E-state index in [-0.39, 0.29) is 29.9 Å². The first kappa shape index (κ1) is 27.4. The van der Waals surface area contributed by atoms with Gasteiger partial charge in [0.1, 0.15) is 11.5 Å². The van der Waals surface area contributed by atoms with Crippen LogP contribution in [0.2, 0.25) is 0 Å². The summed E-state index contributed by atoms with van der Waals surface area (Å²) in [5, 5.41) is 13.2. The number of ketones is 1. The van der Waals surface area contributed by atoms with E-state index in [9.17, 15) is 14.7 Å². The van der Waals surface area contributed by atoms with Gasteiger partial charge < -0.3 is 14.8 Å². The molecule has 4 atom stereocenters. The molecular weight excluding hydrogens is 414 g/mol. The number of Topliss-reactive ketones (excluding diaryl/α,β-unsaturated/α-hetero) is 1. The Balaban J connectivity index is 1.55. The molecule has 0 unspecified atom stereocenters. The van der Waals surface area contributed by atoms with Gasteiger partial charge in [-0.3, -0.25) is 9.59 Å². The van der Waals surface area contributed by atoms with E-state index in [1.165, 1.54) is 0 Å². The van der Waals surface area contributed by atoms with Gasteiger partial charge >= 0.3 is 0 Å². The smallest absolute Gasteiger partial charge is 0.220 e. The minimum Gasteiger partial charge on any atom is -0.469 e. The Morgan fingerprint density at radius 3 is 2.79 bits per heavy atom. The molecule has 2 N–H and O–H groups in total. The minimum atomic E-state index is -0.382. The van der Waals surface area contributed by atoms with Gasteiger partial charge in [-0.15, -0.1) is 0 Å². The average Bonchev–Trinajstić information content (AvgIpc) is 3.43. The molecular formula is C28H45NO4. The fourth-order valence-corrected chi connectivity index (χ4v) is 4.75. The van der Waals surface area contributed by atoms with Crippen LogP contribution in [0.15, 0.2) is 35.0 Å². The summed E-state index contributed by atoms with van der Waals surface area (Å²) in [7, 11) is 0. The summed E-state index contributed by atoms with van der Waals surface area (Å²) < 4.78 is 5.33. The summed E-state index contributed by atoms with van der Waals surface area (Å²) in [4.78, 5) is 24.5. The highest BCUT2D eigenvalue weighted by molar-refractivity contribution is 5.83. The number of hydrogen-bond donors (Lipinski definition) is 2. The lowest BCUT2D eigenvalue weighted by Gasteiger charge is -2.16. The normalized spacial score (nSPS) is 20.4. The minimum absolute atomic E-state index is 0.113. The summed E-state index contributed by atoms with van der Waals surface area (Å²) in [6, 6.07) is 3.99. The van der Waals surface area contributed by atoms with Crippen molar-refractivity contribution < 1.29 is 19.1 Å². The van der Waals surface area contributed by atoms with E-state index < -0.39 is 0 Å². The van der Waals surface area contributed by atoms with Gasteiger partial charge in [-0.25, -0.2) is 0 Å². The first-order chi connectivity index (χ1) is 16.0. The zero-order chi connectivity index (χ0) is 23.9. The zero-order valence-corrected chi connectivity index (χ0v) is 20.8. The van der Waals surface area contributed by atoms with Gasteiger partial charge in [-0.1, -0.05) is 57.6 Å². The Labute approximate surface area is 200 Å². The van der Waals surface area contributed by atoms with E-state index in [1.807, 2.05) is 25.1 Å². The van der Waals surface area contributed by atoms with Crippen molar-refractivity contribution in [2.24, 2.45) is 11.8 Å². The number of rotatable bonds is 17. The number of unbranched alkanes of at least 4 members (excludes halogenated alkanes) is 5. The van der Waals surface area contributed by atoms with E-state index in [0.29, 0.717) is 18.6 Å². The third-order valence-electron chi connectivity index (χ3n) is 6.82. The van der Waals surface area contributed by atoms with E-state index >= 15 is 0 Å². The van der Waals surface area contributed by atoms with Crippen LogP contribution in [0.25, 0.3) is 0 Å². The van der Waals surface area contributed by atoms with Crippen LogP contribution in [-0.4, -0.2) is 28.9 Å². The number of hydrogen-bond acceptors (Lipinski definition) is 4. The maximum absolute atomic E-state index is 12.3. The van der Waals surface area contributed by atoms with Crippen molar-refractivity contribution in [3.05, 3.63) is 36.3 Å². The highest BCUT2D eigenvalue weighted by atomic mass is 16.3. The third kappa shape index (κ3) is 11.2. The molecule has 0 bridgehead atoms. The maximum atomic E-state index is 12.3. The largest absolute Gasteiger partial charge is 0.469 e. The number of allylic oxidation sites excluding steroid dienone is 1. The molecule has 186 valence electrons. The molecule has 0 radical (unpaired) electrons. The Kier molecular flexibility index (Phi) is 13.2. The molecule has 1 amide bonds. The summed E-state index contributed by atoms with van der Waals surface area (Å²) in [6.45, 7) is 4.20. The average molecular weight is 460 g/mol. The second kappa shape index (κ2) is 15.9. The van der Waals surface area contributed by atoms with Crippen LogP contribution in [0.4, 0.5) is 0 Å². The van der Waals surface area contributed by atoms with Gasteiger partial charge in [0.15, 0.2) is 0 Å². The summed E-state index contributed by atoms with van der Waals surface area (Å²) in [6.07, 6.45) is 18.3. The van der Waals surface area contributed by atoms with Gasteiger partial charge in [0.2, 0.25) is 5.91 Å². The van der Waals surface area contributed by atoms with Crippen molar-refractivity contribution in [3.8, 4) is 0 Å². The number of amides is 1. The Hall–Kier alpha value is -1.88. The number of aliphatic hydroxyl groups excluding tert-OH is 1. The van der Waals surface area contributed by atoms with Crippen LogP contribution < -0.4 is 5.32 Å². The van der Waals surface area contributed by atoms with E-state index in [0.717, 1.165) is 82.8 Å².